The van der Waals surface area contributed by atoms with Crippen molar-refractivity contribution < 1.29 is 117 Å². The molecule has 0 aromatic rings. The third-order valence-electron chi connectivity index (χ3n) is 4.71. The van der Waals surface area contributed by atoms with Gasteiger partial charge in [-0.1, -0.05) is 20.8 Å². The Hall–Kier alpha value is 2.50. The van der Waals surface area contributed by atoms with E-state index in [1.807, 2.05) is 13.8 Å². The quantitative estimate of drug-likeness (QED) is 0.151. The Morgan fingerprint density at radius 3 is 2.25 bits per heavy atom. The molecule has 0 aliphatic carbocycles. The topological polar surface area (TPSA) is 145 Å². The van der Waals surface area contributed by atoms with Gasteiger partial charge in [-0.15, -0.1) is 0 Å². The zero-order valence-electron chi connectivity index (χ0n) is 21.2. The van der Waals surface area contributed by atoms with Crippen LogP contribution >= 0.6 is 15.6 Å². The van der Waals surface area contributed by atoms with Crippen molar-refractivity contribution in [1.82, 2.24) is 0 Å². The van der Waals surface area contributed by atoms with Crippen molar-refractivity contribution in [2.24, 2.45) is 5.41 Å². The van der Waals surface area contributed by atoms with Crippen LogP contribution in [0.5, 0.6) is 0 Å². The normalized spacial score (nSPS) is 31.8. The summed E-state index contributed by atoms with van der Waals surface area (Å²) >= 11 is 0. The number of ether oxygens (including phenoxy) is 3. The van der Waals surface area contributed by atoms with Gasteiger partial charge in [-0.25, -0.2) is 0 Å². The monoisotopic (exact) mass is 696 g/mol. The Balaban J connectivity index is 0.00000612. The molecule has 18 heteroatoms. The SMILES string of the molecule is [B][B][C@H]1CC(OP(=O)([O-])O[CH-][C@H]2O[C@@H]([B])CC2OP(=O)([O-])OCC(C)(C)C)[C@@H](COC(C)C)O1.[Y].[Y]. The van der Waals surface area contributed by atoms with E-state index >= 15 is 0 Å². The maximum absolute atomic E-state index is 12.5. The molecule has 0 aromatic heterocycles. The van der Waals surface area contributed by atoms with Crippen LogP contribution in [0, 0.1) is 12.0 Å². The number of phosphoric ester groups is 2. The van der Waals surface area contributed by atoms with E-state index in [0.717, 1.165) is 6.61 Å². The van der Waals surface area contributed by atoms with E-state index in [-0.39, 0.29) is 97.6 Å². The van der Waals surface area contributed by atoms with Gasteiger partial charge in [-0.3, -0.25) is 9.13 Å². The van der Waals surface area contributed by atoms with Crippen LogP contribution in [0.4, 0.5) is 0 Å². The van der Waals surface area contributed by atoms with Crippen molar-refractivity contribution in [2.45, 2.75) is 90.0 Å². The van der Waals surface area contributed by atoms with Crippen LogP contribution in [0.25, 0.3) is 0 Å². The average molecular weight is 696 g/mol. The summed E-state index contributed by atoms with van der Waals surface area (Å²) in [6, 6.07) is -1.41. The second kappa shape index (κ2) is 16.8. The summed E-state index contributed by atoms with van der Waals surface area (Å²) in [5.74, 6) is 0. The maximum atomic E-state index is 12.5. The predicted molar refractivity (Wildman–Crippen MR) is 121 cm³/mol. The molecule has 2 aliphatic rings. The third-order valence-corrected chi connectivity index (χ3v) is 6.59. The van der Waals surface area contributed by atoms with Gasteiger partial charge in [0.05, 0.1) is 38.7 Å². The largest absolute Gasteiger partial charge is 0.758 e. The van der Waals surface area contributed by atoms with Crippen LogP contribution in [0.3, 0.4) is 0 Å². The molecule has 2 saturated heterocycles. The first-order valence-corrected chi connectivity index (χ1v) is 13.9. The van der Waals surface area contributed by atoms with Gasteiger partial charge in [0.15, 0.2) is 0 Å². The van der Waals surface area contributed by atoms with E-state index in [1.165, 1.54) is 7.17 Å². The minimum Gasteiger partial charge on any atom is -0.758 e. The predicted octanol–water partition coefficient (Wildman–Crippen LogP) is 0.541. The van der Waals surface area contributed by atoms with Crippen LogP contribution in [0.1, 0.15) is 47.5 Å². The van der Waals surface area contributed by atoms with Gasteiger partial charge in [0.1, 0.15) is 14.0 Å². The minimum absolute atomic E-state index is 0. The van der Waals surface area contributed by atoms with Crippen molar-refractivity contribution in [3.8, 4) is 0 Å². The minimum atomic E-state index is -4.90. The zero-order valence-corrected chi connectivity index (χ0v) is 28.7. The Morgan fingerprint density at radius 2 is 1.69 bits per heavy atom. The molecule has 11 nitrogen and oxygen atoms in total. The number of hydrogen-bond acceptors (Lipinski definition) is 11. The first-order chi connectivity index (χ1) is 15.6. The Labute approximate surface area is 267 Å². The number of hydrogen-bond donors (Lipinski definition) is 0. The van der Waals surface area contributed by atoms with E-state index in [2.05, 4.69) is 0 Å². The van der Waals surface area contributed by atoms with Crippen molar-refractivity contribution >= 4 is 38.4 Å². The Bertz CT molecular complexity index is 750. The van der Waals surface area contributed by atoms with Crippen LogP contribution < -0.4 is 9.79 Å². The summed E-state index contributed by atoms with van der Waals surface area (Å²) in [4.78, 5) is 24.6. The van der Waals surface area contributed by atoms with E-state index in [9.17, 15) is 18.9 Å². The van der Waals surface area contributed by atoms with Crippen molar-refractivity contribution in [3.05, 3.63) is 6.61 Å². The van der Waals surface area contributed by atoms with Crippen LogP contribution in [-0.4, -0.2) is 78.5 Å². The summed E-state index contributed by atoms with van der Waals surface area (Å²) in [6.45, 7) is 9.80. The molecular formula is C18H31B3O11P2Y2-3. The van der Waals surface area contributed by atoms with Gasteiger partial charge >= 0.3 is 0 Å². The Kier molecular flexibility index (Phi) is 18.0. The standard InChI is InChI=1S/C18H33B3O11P2.2Y/c1-11(2)26-8-14-13(7-17(21-20)30-14)32-33(22,23)27-9-15-12(6-16(19)29-15)31-34(24,25)28-10-18(3,4)5;;/h9,11-17H,6-8,10H2,1-5H3,(H,22,23)(H,24,25);;/q-1;;/p-2/t12?,13?,14-,15-,16-,17-;;/m1../s1. The fraction of sp³-hybridized carbons (Fsp3) is 0.944. The van der Waals surface area contributed by atoms with Gasteiger partial charge in [-0.2, -0.15) is 6.61 Å². The molecule has 2 aliphatic heterocycles. The molecule has 8 atom stereocenters. The van der Waals surface area contributed by atoms with Crippen LogP contribution in [0.15, 0.2) is 0 Å². The molecule has 7 radical (unpaired) electrons. The van der Waals surface area contributed by atoms with Crippen molar-refractivity contribution in [1.29, 1.82) is 0 Å². The molecular weight excluding hydrogens is 664 g/mol. The van der Waals surface area contributed by atoms with E-state index in [1.54, 1.807) is 20.8 Å². The molecule has 0 aromatic carbocycles. The first-order valence-electron chi connectivity index (χ1n) is 11.0. The second-order valence-electron chi connectivity index (χ2n) is 9.66. The van der Waals surface area contributed by atoms with Crippen molar-refractivity contribution in [3.63, 3.8) is 0 Å². The molecule has 4 unspecified atom stereocenters. The molecule has 0 saturated carbocycles. The summed E-state index contributed by atoms with van der Waals surface area (Å²) in [7, 11) is 2.92. The molecule has 0 amide bonds. The van der Waals surface area contributed by atoms with Crippen LogP contribution in [-0.2, 0) is 107 Å². The molecule has 0 N–H and O–H groups in total. The van der Waals surface area contributed by atoms with Gasteiger partial charge in [0, 0.05) is 85.2 Å². The zero-order chi connectivity index (χ0) is 25.7. The molecule has 2 rings (SSSR count). The summed E-state index contributed by atoms with van der Waals surface area (Å²) in [5.41, 5.74) is -0.421. The first kappa shape index (κ1) is 38.5. The molecule has 2 fully saturated rings. The fourth-order valence-corrected chi connectivity index (χ4v) is 5.16. The molecule has 2 heterocycles. The van der Waals surface area contributed by atoms with Gasteiger partial charge in [-0.05, 0) is 38.2 Å². The molecule has 197 valence electrons. The van der Waals surface area contributed by atoms with E-state index in [0.29, 0.717) is 0 Å². The van der Waals surface area contributed by atoms with Gasteiger partial charge in [0.2, 0.25) is 7.82 Å². The third kappa shape index (κ3) is 14.4. The molecule has 36 heavy (non-hydrogen) atoms. The number of phosphoric acid groups is 2. The maximum Gasteiger partial charge on any atom is 0.268 e. The summed E-state index contributed by atoms with van der Waals surface area (Å²) in [5, 5.41) is 0. The fourth-order valence-electron chi connectivity index (χ4n) is 3.14. The van der Waals surface area contributed by atoms with Crippen molar-refractivity contribution in [2.75, 3.05) is 13.2 Å². The van der Waals surface area contributed by atoms with E-state index < -0.39 is 57.5 Å². The molecule has 0 bridgehead atoms. The summed E-state index contributed by atoms with van der Waals surface area (Å²) < 4.78 is 61.0. The summed E-state index contributed by atoms with van der Waals surface area (Å²) in [6.07, 6.45) is -3.87. The van der Waals surface area contributed by atoms with Gasteiger partial charge in [0.25, 0.3) is 7.82 Å². The molecule has 0 spiro atoms. The van der Waals surface area contributed by atoms with E-state index in [4.69, 9.17) is 47.9 Å². The second-order valence-corrected chi connectivity index (χ2v) is 12.3. The smallest absolute Gasteiger partial charge is 0.268 e. The number of rotatable bonds is 13. The van der Waals surface area contributed by atoms with Gasteiger partial charge < -0.3 is 42.1 Å². The van der Waals surface area contributed by atoms with Crippen LogP contribution in [0.2, 0.25) is 0 Å². The average Bonchev–Trinajstić information content (AvgIpc) is 3.24. The Morgan fingerprint density at radius 1 is 1.08 bits per heavy atom.